The number of thiophene rings is 2. The summed E-state index contributed by atoms with van der Waals surface area (Å²) in [4.78, 5) is 10.9. The largest absolute Gasteiger partial charge is 0.278 e. The molecular formula is C48H27N3S2. The topological polar surface area (TPSA) is 30.7 Å². The Balaban J connectivity index is 1.12. The first kappa shape index (κ1) is 29.2. The first-order chi connectivity index (χ1) is 26.3. The van der Waals surface area contributed by atoms with Crippen molar-refractivity contribution in [2.75, 3.05) is 0 Å². The van der Waals surface area contributed by atoms with Gasteiger partial charge in [0.15, 0.2) is 0 Å². The molecule has 0 radical (unpaired) electrons. The van der Waals surface area contributed by atoms with Crippen LogP contribution in [0, 0.1) is 0 Å². The van der Waals surface area contributed by atoms with Crippen molar-refractivity contribution in [1.29, 1.82) is 0 Å². The second-order valence-electron chi connectivity index (χ2n) is 13.7. The molecule has 3 nitrogen and oxygen atoms in total. The van der Waals surface area contributed by atoms with Crippen LogP contribution in [0.2, 0.25) is 0 Å². The zero-order chi connectivity index (χ0) is 34.6. The highest BCUT2D eigenvalue weighted by molar-refractivity contribution is 7.26. The maximum absolute atomic E-state index is 5.49. The van der Waals surface area contributed by atoms with Crippen molar-refractivity contribution in [3.05, 3.63) is 164 Å². The van der Waals surface area contributed by atoms with Crippen LogP contribution in [0.25, 0.3) is 112 Å². The molecule has 0 saturated carbocycles. The second-order valence-corrected chi connectivity index (χ2v) is 15.9. The Kier molecular flexibility index (Phi) is 6.09. The molecule has 0 aliphatic rings. The number of aromatic nitrogens is 3. The lowest BCUT2D eigenvalue weighted by atomic mass is 9.97. The van der Waals surface area contributed by atoms with Gasteiger partial charge in [0, 0.05) is 46.6 Å². The summed E-state index contributed by atoms with van der Waals surface area (Å²) in [7, 11) is 0. The third-order valence-electron chi connectivity index (χ3n) is 10.8. The molecule has 0 fully saturated rings. The fraction of sp³-hybridized carbons (Fsp3) is 0. The zero-order valence-electron chi connectivity index (χ0n) is 28.2. The van der Waals surface area contributed by atoms with E-state index in [-0.39, 0.29) is 0 Å². The number of nitrogens with zero attached hydrogens (tertiary/aromatic N) is 3. The van der Waals surface area contributed by atoms with Crippen LogP contribution in [0.1, 0.15) is 0 Å². The molecule has 246 valence electrons. The Morgan fingerprint density at radius 1 is 0.415 bits per heavy atom. The Morgan fingerprint density at radius 3 is 1.98 bits per heavy atom. The van der Waals surface area contributed by atoms with Gasteiger partial charge in [-0.15, -0.1) is 22.7 Å². The molecule has 0 aliphatic carbocycles. The van der Waals surface area contributed by atoms with E-state index in [9.17, 15) is 0 Å². The molecule has 0 atom stereocenters. The Bertz CT molecular complexity index is 3450. The van der Waals surface area contributed by atoms with E-state index < -0.39 is 0 Å². The lowest BCUT2D eigenvalue weighted by molar-refractivity contribution is 1.02. The number of hydrogen-bond donors (Lipinski definition) is 0. The molecule has 4 heterocycles. The van der Waals surface area contributed by atoms with Gasteiger partial charge in [-0.25, -0.2) is 9.97 Å². The zero-order valence-corrected chi connectivity index (χ0v) is 29.9. The third kappa shape index (κ3) is 4.26. The van der Waals surface area contributed by atoms with E-state index in [0.29, 0.717) is 5.95 Å². The summed E-state index contributed by atoms with van der Waals surface area (Å²) < 4.78 is 7.23. The molecule has 12 rings (SSSR count). The molecule has 0 N–H and O–H groups in total. The minimum atomic E-state index is 0.682. The van der Waals surface area contributed by atoms with Crippen molar-refractivity contribution in [2.45, 2.75) is 0 Å². The summed E-state index contributed by atoms with van der Waals surface area (Å²) in [5, 5.41) is 11.2. The summed E-state index contributed by atoms with van der Waals surface area (Å²) in [6.45, 7) is 0. The molecule has 0 spiro atoms. The number of para-hydroxylation sites is 1. The van der Waals surface area contributed by atoms with Gasteiger partial charge in [0.25, 0.3) is 0 Å². The van der Waals surface area contributed by atoms with Gasteiger partial charge >= 0.3 is 0 Å². The van der Waals surface area contributed by atoms with Gasteiger partial charge < -0.3 is 0 Å². The molecule has 53 heavy (non-hydrogen) atoms. The second kappa shape index (κ2) is 11.1. The van der Waals surface area contributed by atoms with Crippen LogP contribution in [0.5, 0.6) is 0 Å². The number of benzene rings is 8. The summed E-state index contributed by atoms with van der Waals surface area (Å²) in [5.41, 5.74) is 7.64. The van der Waals surface area contributed by atoms with Gasteiger partial charge in [-0.3, -0.25) is 4.57 Å². The van der Waals surface area contributed by atoms with E-state index in [1.54, 1.807) is 11.3 Å². The molecule has 0 aliphatic heterocycles. The quantitative estimate of drug-likeness (QED) is 0.183. The van der Waals surface area contributed by atoms with Gasteiger partial charge in [-0.1, -0.05) is 127 Å². The van der Waals surface area contributed by atoms with Gasteiger partial charge in [0.05, 0.1) is 26.9 Å². The van der Waals surface area contributed by atoms with Gasteiger partial charge in [-0.2, -0.15) is 0 Å². The average Bonchev–Trinajstić information content (AvgIpc) is 3.89. The monoisotopic (exact) mass is 709 g/mol. The van der Waals surface area contributed by atoms with Gasteiger partial charge in [0.1, 0.15) is 0 Å². The van der Waals surface area contributed by atoms with Crippen LogP contribution in [-0.4, -0.2) is 14.5 Å². The fourth-order valence-corrected chi connectivity index (χ4v) is 10.7. The van der Waals surface area contributed by atoms with Crippen molar-refractivity contribution in [2.24, 2.45) is 0 Å². The molecule has 5 heteroatoms. The number of rotatable bonds is 3. The van der Waals surface area contributed by atoms with Crippen LogP contribution >= 0.6 is 22.7 Å². The van der Waals surface area contributed by atoms with E-state index in [4.69, 9.17) is 9.97 Å². The van der Waals surface area contributed by atoms with Crippen molar-refractivity contribution >= 4 is 106 Å². The van der Waals surface area contributed by atoms with E-state index in [0.717, 1.165) is 37.9 Å². The van der Waals surface area contributed by atoms with Crippen LogP contribution < -0.4 is 0 Å². The van der Waals surface area contributed by atoms with Gasteiger partial charge in [0.2, 0.25) is 5.95 Å². The van der Waals surface area contributed by atoms with Crippen LogP contribution in [-0.2, 0) is 0 Å². The highest BCUT2D eigenvalue weighted by Crippen LogP contribution is 2.43. The lowest BCUT2D eigenvalue weighted by Gasteiger charge is -2.11. The van der Waals surface area contributed by atoms with Crippen LogP contribution in [0.15, 0.2) is 164 Å². The fourth-order valence-electron chi connectivity index (χ4n) is 8.39. The maximum atomic E-state index is 5.49. The smallest absolute Gasteiger partial charge is 0.235 e. The SMILES string of the molecule is c1ccc2c(-c3ccc(-c4nc(-n5c6ccccc6c6cc7c(ccc8sc9ccccc9c87)cc65)nc5c4sc4ccccc45)cc3)cccc2c1. The van der Waals surface area contributed by atoms with Gasteiger partial charge in [-0.05, 0) is 69.1 Å². The number of fused-ring (bicyclic) bond motifs is 12. The molecular weight excluding hydrogens is 683 g/mol. The third-order valence-corrected chi connectivity index (χ3v) is 13.1. The molecule has 0 saturated heterocycles. The molecule has 8 aromatic carbocycles. The van der Waals surface area contributed by atoms with Crippen molar-refractivity contribution in [3.8, 4) is 28.3 Å². The standard InChI is InChI=1S/C48H27N3S2/c1-2-12-32-28(10-1)11-9-16-33(32)29-20-22-30(23-21-29)45-47-46(36-15-5-8-19-42(36)53-47)50-48(49-45)51-39-17-6-3-13-34(39)38-27-37-31(26-40(38)51)24-25-43-44(37)35-14-4-7-18-41(35)52-43/h1-27H. The van der Waals surface area contributed by atoms with E-state index in [2.05, 4.69) is 168 Å². The highest BCUT2D eigenvalue weighted by Gasteiger charge is 2.21. The molecule has 12 aromatic rings. The summed E-state index contributed by atoms with van der Waals surface area (Å²) >= 11 is 3.64. The Labute approximate surface area is 311 Å². The minimum absolute atomic E-state index is 0.682. The molecule has 4 aromatic heterocycles. The van der Waals surface area contributed by atoms with Crippen LogP contribution in [0.3, 0.4) is 0 Å². The van der Waals surface area contributed by atoms with E-state index >= 15 is 0 Å². The Hall–Kier alpha value is -6.40. The summed E-state index contributed by atoms with van der Waals surface area (Å²) in [6.07, 6.45) is 0. The number of hydrogen-bond acceptors (Lipinski definition) is 4. The van der Waals surface area contributed by atoms with Crippen molar-refractivity contribution in [1.82, 2.24) is 14.5 Å². The Morgan fingerprint density at radius 2 is 1.11 bits per heavy atom. The first-order valence-electron chi connectivity index (χ1n) is 17.8. The van der Waals surface area contributed by atoms with Crippen molar-refractivity contribution < 1.29 is 0 Å². The van der Waals surface area contributed by atoms with Crippen LogP contribution in [0.4, 0.5) is 0 Å². The molecule has 0 bridgehead atoms. The lowest BCUT2D eigenvalue weighted by Crippen LogP contribution is -2.02. The molecule has 0 unspecified atom stereocenters. The predicted octanol–water partition coefficient (Wildman–Crippen LogP) is 13.9. The normalized spacial score (nSPS) is 12.2. The van der Waals surface area contributed by atoms with E-state index in [1.807, 2.05) is 11.3 Å². The summed E-state index contributed by atoms with van der Waals surface area (Å²) in [5.74, 6) is 0.682. The highest BCUT2D eigenvalue weighted by atomic mass is 32.1. The maximum Gasteiger partial charge on any atom is 0.235 e. The minimum Gasteiger partial charge on any atom is -0.278 e. The molecule has 0 amide bonds. The van der Waals surface area contributed by atoms with Crippen molar-refractivity contribution in [3.63, 3.8) is 0 Å². The average molecular weight is 710 g/mol. The first-order valence-corrected chi connectivity index (χ1v) is 19.5. The summed E-state index contributed by atoms with van der Waals surface area (Å²) in [6, 6.07) is 59.4. The van der Waals surface area contributed by atoms with E-state index in [1.165, 1.54) is 68.3 Å². The predicted molar refractivity (Wildman–Crippen MR) is 228 cm³/mol.